The van der Waals surface area contributed by atoms with Crippen LogP contribution in [0, 0.1) is 6.92 Å². The number of nitrogens with one attached hydrogen (secondary N) is 1. The van der Waals surface area contributed by atoms with E-state index in [0.717, 1.165) is 24.3 Å². The molecule has 3 aromatic rings. The number of hydrogen-bond acceptors (Lipinski definition) is 3. The molecule has 2 unspecified atom stereocenters. The summed E-state index contributed by atoms with van der Waals surface area (Å²) >= 11 is 0. The molecular weight excluding hydrogens is 296 g/mol. The molecule has 1 fully saturated rings. The van der Waals surface area contributed by atoms with Crippen molar-refractivity contribution >= 4 is 16.6 Å². The maximum Gasteiger partial charge on any atom is 0.0761 e. The summed E-state index contributed by atoms with van der Waals surface area (Å²) in [5.74, 6) is 0. The second kappa shape index (κ2) is 5.95. The molecule has 24 heavy (non-hydrogen) atoms. The quantitative estimate of drug-likeness (QED) is 0.784. The molecule has 1 N–H and O–H groups in total. The van der Waals surface area contributed by atoms with E-state index in [1.54, 1.807) is 0 Å². The van der Waals surface area contributed by atoms with E-state index in [9.17, 15) is 0 Å². The van der Waals surface area contributed by atoms with Crippen LogP contribution in [-0.4, -0.2) is 35.0 Å². The number of hydrogen-bond donors (Lipinski definition) is 1. The number of aromatic nitrogens is 2. The van der Waals surface area contributed by atoms with Crippen LogP contribution in [0.4, 0.5) is 5.69 Å². The van der Waals surface area contributed by atoms with Gasteiger partial charge in [0.25, 0.3) is 0 Å². The lowest BCUT2D eigenvalue weighted by Crippen LogP contribution is -2.54. The fraction of sp³-hybridized carbons (Fsp3) is 0.350. The van der Waals surface area contributed by atoms with E-state index in [0.29, 0.717) is 12.1 Å². The first-order chi connectivity index (χ1) is 11.6. The monoisotopic (exact) mass is 320 g/mol. The second-order valence-corrected chi connectivity index (χ2v) is 6.95. The van der Waals surface area contributed by atoms with Gasteiger partial charge < -0.3 is 10.2 Å². The van der Waals surface area contributed by atoms with Gasteiger partial charge in [0.1, 0.15) is 0 Å². The van der Waals surface area contributed by atoms with Gasteiger partial charge in [0.05, 0.1) is 17.4 Å². The highest BCUT2D eigenvalue weighted by Gasteiger charge is 2.23. The molecule has 0 aliphatic carbocycles. The van der Waals surface area contributed by atoms with E-state index in [1.165, 1.54) is 16.6 Å². The molecule has 0 spiro atoms. The van der Waals surface area contributed by atoms with E-state index in [-0.39, 0.29) is 0 Å². The molecular formula is C20H24N4. The Hall–Kier alpha value is -2.33. The van der Waals surface area contributed by atoms with Gasteiger partial charge in [-0.2, -0.15) is 5.10 Å². The molecule has 1 aliphatic rings. The van der Waals surface area contributed by atoms with Gasteiger partial charge in [0.15, 0.2) is 0 Å². The zero-order valence-corrected chi connectivity index (χ0v) is 14.5. The van der Waals surface area contributed by atoms with E-state index in [4.69, 9.17) is 0 Å². The molecule has 1 aromatic heterocycles. The van der Waals surface area contributed by atoms with Gasteiger partial charge in [-0.3, -0.25) is 0 Å². The van der Waals surface area contributed by atoms with E-state index >= 15 is 0 Å². The van der Waals surface area contributed by atoms with Crippen LogP contribution in [0.25, 0.3) is 16.6 Å². The average Bonchev–Trinajstić information content (AvgIpc) is 3.00. The third-order valence-corrected chi connectivity index (χ3v) is 4.90. The first-order valence-electron chi connectivity index (χ1n) is 8.66. The number of piperazine rings is 1. The van der Waals surface area contributed by atoms with E-state index in [1.807, 2.05) is 10.9 Å². The maximum atomic E-state index is 4.61. The first kappa shape index (κ1) is 15.2. The van der Waals surface area contributed by atoms with Crippen molar-refractivity contribution in [2.45, 2.75) is 32.9 Å². The molecule has 0 bridgehead atoms. The molecule has 0 amide bonds. The van der Waals surface area contributed by atoms with E-state index < -0.39 is 0 Å². The van der Waals surface area contributed by atoms with Crippen LogP contribution in [0.2, 0.25) is 0 Å². The third kappa shape index (κ3) is 2.67. The van der Waals surface area contributed by atoms with Crippen LogP contribution in [-0.2, 0) is 0 Å². The lowest BCUT2D eigenvalue weighted by molar-refractivity contribution is 0.425. The van der Waals surface area contributed by atoms with Gasteiger partial charge in [-0.1, -0.05) is 12.1 Å². The smallest absolute Gasteiger partial charge is 0.0761 e. The normalized spacial score (nSPS) is 21.4. The van der Waals surface area contributed by atoms with Crippen molar-refractivity contribution < 1.29 is 0 Å². The summed E-state index contributed by atoms with van der Waals surface area (Å²) in [6.45, 7) is 8.70. The van der Waals surface area contributed by atoms with Gasteiger partial charge in [0, 0.05) is 36.2 Å². The molecule has 0 saturated carbocycles. The van der Waals surface area contributed by atoms with Crippen molar-refractivity contribution in [1.82, 2.24) is 15.1 Å². The highest BCUT2D eigenvalue weighted by Crippen LogP contribution is 2.27. The Bertz CT molecular complexity index is 867. The summed E-state index contributed by atoms with van der Waals surface area (Å²) in [5, 5.41) is 9.34. The Morgan fingerprint density at radius 3 is 2.79 bits per heavy atom. The molecule has 2 atom stereocenters. The number of aryl methyl sites for hydroxylation is 1. The first-order valence-corrected chi connectivity index (χ1v) is 8.66. The zero-order chi connectivity index (χ0) is 16.7. The SMILES string of the molecule is Cc1cccc(-n2ncc3ccc(N4CC(C)NCC4C)cc32)c1. The van der Waals surface area contributed by atoms with Crippen LogP contribution < -0.4 is 10.2 Å². The second-order valence-electron chi connectivity index (χ2n) is 6.95. The summed E-state index contributed by atoms with van der Waals surface area (Å²) in [5.41, 5.74) is 4.80. The van der Waals surface area contributed by atoms with Crippen LogP contribution in [0.5, 0.6) is 0 Å². The number of fused-ring (bicyclic) bond motifs is 1. The van der Waals surface area contributed by atoms with Gasteiger partial charge in [0.2, 0.25) is 0 Å². The topological polar surface area (TPSA) is 33.1 Å². The zero-order valence-electron chi connectivity index (χ0n) is 14.5. The average molecular weight is 320 g/mol. The Kier molecular flexibility index (Phi) is 3.77. The standard InChI is InChI=1S/C20H24N4/c1-14-5-4-6-19(9-14)24-20-10-18(8-7-17(20)12-22-24)23-13-15(2)21-11-16(23)3/h4-10,12,15-16,21H,11,13H2,1-3H3. The number of anilines is 1. The van der Waals surface area contributed by atoms with Crippen molar-refractivity contribution in [3.8, 4) is 5.69 Å². The Morgan fingerprint density at radius 1 is 1.08 bits per heavy atom. The Balaban J connectivity index is 1.78. The van der Waals surface area contributed by atoms with Crippen molar-refractivity contribution in [2.24, 2.45) is 0 Å². The molecule has 4 heteroatoms. The van der Waals surface area contributed by atoms with Crippen LogP contribution in [0.3, 0.4) is 0 Å². The van der Waals surface area contributed by atoms with Crippen LogP contribution >= 0.6 is 0 Å². The molecule has 2 aromatic carbocycles. The lowest BCUT2D eigenvalue weighted by Gasteiger charge is -2.39. The van der Waals surface area contributed by atoms with E-state index in [2.05, 4.69) is 78.6 Å². The van der Waals surface area contributed by atoms with Crippen molar-refractivity contribution in [2.75, 3.05) is 18.0 Å². The van der Waals surface area contributed by atoms with Crippen LogP contribution in [0.15, 0.2) is 48.7 Å². The summed E-state index contributed by atoms with van der Waals surface area (Å²) in [6.07, 6.45) is 1.95. The number of nitrogens with zero attached hydrogens (tertiary/aromatic N) is 3. The Morgan fingerprint density at radius 2 is 1.96 bits per heavy atom. The summed E-state index contributed by atoms with van der Waals surface area (Å²) < 4.78 is 2.04. The molecule has 1 aliphatic heterocycles. The van der Waals surface area contributed by atoms with Gasteiger partial charge in [-0.05, 0) is 56.7 Å². The predicted molar refractivity (Wildman–Crippen MR) is 100 cm³/mol. The molecule has 124 valence electrons. The number of rotatable bonds is 2. The van der Waals surface area contributed by atoms with Crippen LogP contribution in [0.1, 0.15) is 19.4 Å². The van der Waals surface area contributed by atoms with Gasteiger partial charge in [-0.15, -0.1) is 0 Å². The van der Waals surface area contributed by atoms with Crippen molar-refractivity contribution in [1.29, 1.82) is 0 Å². The molecule has 4 rings (SSSR count). The summed E-state index contributed by atoms with van der Waals surface area (Å²) in [7, 11) is 0. The molecule has 0 radical (unpaired) electrons. The summed E-state index contributed by atoms with van der Waals surface area (Å²) in [6, 6.07) is 16.2. The third-order valence-electron chi connectivity index (χ3n) is 4.90. The highest BCUT2D eigenvalue weighted by atomic mass is 15.3. The molecule has 1 saturated heterocycles. The largest absolute Gasteiger partial charge is 0.366 e. The highest BCUT2D eigenvalue weighted by molar-refractivity contribution is 5.84. The predicted octanol–water partition coefficient (Wildman–Crippen LogP) is 3.52. The minimum Gasteiger partial charge on any atom is -0.366 e. The minimum atomic E-state index is 0.494. The fourth-order valence-corrected chi connectivity index (χ4v) is 3.53. The minimum absolute atomic E-state index is 0.494. The van der Waals surface area contributed by atoms with Crippen molar-refractivity contribution in [3.63, 3.8) is 0 Å². The summed E-state index contributed by atoms with van der Waals surface area (Å²) in [4.78, 5) is 2.49. The van der Waals surface area contributed by atoms with Gasteiger partial charge >= 0.3 is 0 Å². The Labute approximate surface area is 143 Å². The molecule has 2 heterocycles. The van der Waals surface area contributed by atoms with Gasteiger partial charge in [-0.25, -0.2) is 4.68 Å². The maximum absolute atomic E-state index is 4.61. The molecule has 4 nitrogen and oxygen atoms in total. The fourth-order valence-electron chi connectivity index (χ4n) is 3.53. The number of benzene rings is 2. The van der Waals surface area contributed by atoms with Crippen molar-refractivity contribution in [3.05, 3.63) is 54.2 Å². The lowest BCUT2D eigenvalue weighted by atomic mass is 10.1.